The minimum atomic E-state index is -0.395. The zero-order valence-corrected chi connectivity index (χ0v) is 11.0. The second-order valence-electron chi connectivity index (χ2n) is 5.69. The molecule has 3 rings (SSSR count). The minimum Gasteiger partial charge on any atom is -0.387 e. The van der Waals surface area contributed by atoms with Crippen molar-refractivity contribution in [2.45, 2.75) is 57.3 Å². The van der Waals surface area contributed by atoms with Crippen molar-refractivity contribution in [2.24, 2.45) is 5.92 Å². The van der Waals surface area contributed by atoms with Gasteiger partial charge in [-0.3, -0.25) is 0 Å². The first-order valence-electron chi connectivity index (χ1n) is 7.06. The van der Waals surface area contributed by atoms with Gasteiger partial charge in [-0.2, -0.15) is 0 Å². The average molecular weight is 250 g/mol. The van der Waals surface area contributed by atoms with Crippen LogP contribution < -0.4 is 0 Å². The first-order chi connectivity index (χ1) is 8.74. The largest absolute Gasteiger partial charge is 0.387 e. The number of aliphatic hydroxyl groups excluding tert-OH is 1. The Morgan fingerprint density at radius 2 is 2.44 bits per heavy atom. The average Bonchev–Trinajstić information content (AvgIpc) is 2.84. The molecule has 2 aliphatic rings. The van der Waals surface area contributed by atoms with Crippen LogP contribution in [0.4, 0.5) is 0 Å². The molecule has 2 atom stereocenters. The summed E-state index contributed by atoms with van der Waals surface area (Å²) in [6, 6.07) is 0. The van der Waals surface area contributed by atoms with Gasteiger partial charge in [-0.1, -0.05) is 0 Å². The zero-order chi connectivity index (χ0) is 12.6. The number of imidazole rings is 1. The van der Waals surface area contributed by atoms with E-state index in [0.29, 0.717) is 5.92 Å². The van der Waals surface area contributed by atoms with Gasteiger partial charge in [0.15, 0.2) is 0 Å². The molecule has 1 saturated heterocycles. The first-order valence-corrected chi connectivity index (χ1v) is 7.06. The van der Waals surface area contributed by atoms with E-state index in [-0.39, 0.29) is 5.60 Å². The zero-order valence-electron chi connectivity index (χ0n) is 11.0. The quantitative estimate of drug-likeness (QED) is 0.895. The van der Waals surface area contributed by atoms with Gasteiger partial charge in [0.25, 0.3) is 0 Å². The summed E-state index contributed by atoms with van der Waals surface area (Å²) in [4.78, 5) is 4.15. The second-order valence-corrected chi connectivity index (χ2v) is 5.69. The van der Waals surface area contributed by atoms with Crippen LogP contribution in [0.2, 0.25) is 0 Å². The van der Waals surface area contributed by atoms with Gasteiger partial charge >= 0.3 is 0 Å². The summed E-state index contributed by atoms with van der Waals surface area (Å²) in [6.45, 7) is 3.73. The van der Waals surface area contributed by atoms with Crippen LogP contribution in [0.15, 0.2) is 12.5 Å². The van der Waals surface area contributed by atoms with E-state index in [1.807, 2.05) is 4.57 Å². The van der Waals surface area contributed by atoms with Crippen molar-refractivity contribution in [3.63, 3.8) is 0 Å². The lowest BCUT2D eigenvalue weighted by atomic mass is 9.70. The molecule has 1 aromatic heterocycles. The van der Waals surface area contributed by atoms with E-state index in [0.717, 1.165) is 31.7 Å². The fourth-order valence-electron chi connectivity index (χ4n) is 3.34. The summed E-state index contributed by atoms with van der Waals surface area (Å²) >= 11 is 0. The second kappa shape index (κ2) is 4.67. The van der Waals surface area contributed by atoms with E-state index in [4.69, 9.17) is 4.74 Å². The lowest BCUT2D eigenvalue weighted by molar-refractivity contribution is -0.157. The molecule has 1 aliphatic carbocycles. The van der Waals surface area contributed by atoms with Crippen LogP contribution in [0, 0.1) is 5.92 Å². The van der Waals surface area contributed by atoms with Gasteiger partial charge in [0.1, 0.15) is 0 Å². The normalized spacial score (nSPS) is 28.0. The monoisotopic (exact) mass is 250 g/mol. The molecule has 0 radical (unpaired) electrons. The Labute approximate surface area is 108 Å². The highest BCUT2D eigenvalue weighted by atomic mass is 16.5. The predicted octanol–water partition coefficient (Wildman–Crippen LogP) is 2.29. The van der Waals surface area contributed by atoms with Crippen molar-refractivity contribution in [3.8, 4) is 0 Å². The molecule has 100 valence electrons. The highest BCUT2D eigenvalue weighted by molar-refractivity contribution is 5.06. The van der Waals surface area contributed by atoms with Crippen LogP contribution in [0.25, 0.3) is 0 Å². The number of aliphatic hydroxyl groups is 1. The van der Waals surface area contributed by atoms with E-state index < -0.39 is 6.10 Å². The fourth-order valence-corrected chi connectivity index (χ4v) is 3.34. The third-order valence-corrected chi connectivity index (χ3v) is 4.63. The number of hydrogen-bond donors (Lipinski definition) is 1. The molecule has 1 aliphatic heterocycles. The van der Waals surface area contributed by atoms with E-state index in [1.54, 1.807) is 12.5 Å². The standard InChI is InChI=1S/C14H22N2O2/c1-2-16-10-15-9-12(16)13(17)11-4-7-18-14(8-11)5-3-6-14/h9-11,13,17H,2-8H2,1H3. The van der Waals surface area contributed by atoms with Crippen LogP contribution in [-0.4, -0.2) is 26.9 Å². The van der Waals surface area contributed by atoms with Gasteiger partial charge in [-0.25, -0.2) is 4.98 Å². The van der Waals surface area contributed by atoms with Gasteiger partial charge < -0.3 is 14.4 Å². The molecule has 2 fully saturated rings. The molecule has 4 nitrogen and oxygen atoms in total. The van der Waals surface area contributed by atoms with E-state index in [9.17, 15) is 5.11 Å². The van der Waals surface area contributed by atoms with E-state index >= 15 is 0 Å². The summed E-state index contributed by atoms with van der Waals surface area (Å²) in [5, 5.41) is 10.6. The Kier molecular flexibility index (Phi) is 3.16. The summed E-state index contributed by atoms with van der Waals surface area (Å²) in [5.74, 6) is 0.320. The summed E-state index contributed by atoms with van der Waals surface area (Å²) in [5.41, 5.74) is 1.06. The molecule has 0 amide bonds. The molecule has 4 heteroatoms. The topological polar surface area (TPSA) is 47.3 Å². The van der Waals surface area contributed by atoms with Crippen molar-refractivity contribution in [1.82, 2.24) is 9.55 Å². The van der Waals surface area contributed by atoms with Gasteiger partial charge in [0.2, 0.25) is 0 Å². The maximum atomic E-state index is 10.6. The number of aromatic nitrogens is 2. The molecule has 1 aromatic rings. The molecule has 1 saturated carbocycles. The molecule has 1 N–H and O–H groups in total. The van der Waals surface area contributed by atoms with E-state index in [2.05, 4.69) is 11.9 Å². The number of nitrogens with zero attached hydrogens (tertiary/aromatic N) is 2. The summed E-state index contributed by atoms with van der Waals surface area (Å²) < 4.78 is 7.96. The van der Waals surface area contributed by atoms with Crippen molar-refractivity contribution in [2.75, 3.05) is 6.61 Å². The molecular formula is C14H22N2O2. The van der Waals surface area contributed by atoms with Crippen molar-refractivity contribution in [1.29, 1.82) is 0 Å². The molecular weight excluding hydrogens is 228 g/mol. The van der Waals surface area contributed by atoms with Gasteiger partial charge in [0.05, 0.1) is 29.9 Å². The Bertz CT molecular complexity index is 412. The van der Waals surface area contributed by atoms with Crippen molar-refractivity contribution in [3.05, 3.63) is 18.2 Å². The third kappa shape index (κ3) is 1.97. The maximum Gasteiger partial charge on any atom is 0.0985 e. The predicted molar refractivity (Wildman–Crippen MR) is 68.1 cm³/mol. The Morgan fingerprint density at radius 1 is 1.61 bits per heavy atom. The van der Waals surface area contributed by atoms with Gasteiger partial charge in [-0.05, 0) is 44.9 Å². The highest BCUT2D eigenvalue weighted by Gasteiger charge is 2.44. The SMILES string of the molecule is CCn1cncc1C(O)C1CCOC2(CCC2)C1. The fraction of sp³-hybridized carbons (Fsp3) is 0.786. The lowest BCUT2D eigenvalue weighted by Gasteiger charge is -2.48. The Morgan fingerprint density at radius 3 is 3.11 bits per heavy atom. The van der Waals surface area contributed by atoms with Crippen molar-refractivity contribution < 1.29 is 9.84 Å². The van der Waals surface area contributed by atoms with Crippen LogP contribution in [0.3, 0.4) is 0 Å². The molecule has 0 aromatic carbocycles. The summed E-state index contributed by atoms with van der Waals surface area (Å²) in [7, 11) is 0. The summed E-state index contributed by atoms with van der Waals surface area (Å²) in [6.07, 6.45) is 8.78. The van der Waals surface area contributed by atoms with Crippen LogP contribution in [0.1, 0.15) is 50.8 Å². The lowest BCUT2D eigenvalue weighted by Crippen LogP contribution is -2.46. The van der Waals surface area contributed by atoms with Crippen LogP contribution in [-0.2, 0) is 11.3 Å². The number of hydrogen-bond acceptors (Lipinski definition) is 3. The third-order valence-electron chi connectivity index (χ3n) is 4.63. The van der Waals surface area contributed by atoms with Gasteiger partial charge in [0, 0.05) is 13.2 Å². The molecule has 2 heterocycles. The molecule has 2 unspecified atom stereocenters. The Hall–Kier alpha value is -0.870. The highest BCUT2D eigenvalue weighted by Crippen LogP contribution is 2.47. The number of aryl methyl sites for hydroxylation is 1. The minimum absolute atomic E-state index is 0.0982. The Balaban J connectivity index is 1.73. The smallest absolute Gasteiger partial charge is 0.0985 e. The molecule has 18 heavy (non-hydrogen) atoms. The van der Waals surface area contributed by atoms with Crippen molar-refractivity contribution >= 4 is 0 Å². The first kappa shape index (κ1) is 12.2. The van der Waals surface area contributed by atoms with Crippen LogP contribution >= 0.6 is 0 Å². The number of ether oxygens (including phenoxy) is 1. The molecule has 0 bridgehead atoms. The number of rotatable bonds is 3. The van der Waals surface area contributed by atoms with Crippen LogP contribution in [0.5, 0.6) is 0 Å². The molecule has 1 spiro atoms. The van der Waals surface area contributed by atoms with Gasteiger partial charge in [-0.15, -0.1) is 0 Å². The maximum absolute atomic E-state index is 10.6. The van der Waals surface area contributed by atoms with E-state index in [1.165, 1.54) is 19.3 Å².